The van der Waals surface area contributed by atoms with E-state index in [-0.39, 0.29) is 6.54 Å². The molecule has 0 saturated carbocycles. The number of carbonyl (C=O) groups is 2. The Hall–Kier alpha value is -1.40. The van der Waals surface area contributed by atoms with Gasteiger partial charge in [0.05, 0.1) is 0 Å². The van der Waals surface area contributed by atoms with Gasteiger partial charge in [-0.3, -0.25) is 9.59 Å². The van der Waals surface area contributed by atoms with E-state index in [9.17, 15) is 14.7 Å². The summed E-state index contributed by atoms with van der Waals surface area (Å²) in [6.45, 7) is 7.30. The number of hydrogen-bond donors (Lipinski definition) is 3. The fourth-order valence-electron chi connectivity index (χ4n) is 1.49. The molecule has 0 bridgehead atoms. The number of nitrogens with one attached hydrogen (secondary N) is 2. The first kappa shape index (κ1) is 15.7. The third-order valence-electron chi connectivity index (χ3n) is 2.36. The van der Waals surface area contributed by atoms with Crippen molar-refractivity contribution in [3.05, 3.63) is 21.9 Å². The van der Waals surface area contributed by atoms with E-state index in [1.807, 2.05) is 18.4 Å². The number of rotatable bonds is 3. The highest BCUT2D eigenvalue weighted by atomic mass is 32.1. The molecule has 19 heavy (non-hydrogen) atoms. The van der Waals surface area contributed by atoms with Gasteiger partial charge in [0.25, 0.3) is 0 Å². The molecule has 1 aromatic heterocycles. The first-order valence-electron chi connectivity index (χ1n) is 6.03. The molecular weight excluding hydrogens is 264 g/mol. The van der Waals surface area contributed by atoms with E-state index < -0.39 is 23.5 Å². The monoisotopic (exact) mass is 284 g/mol. The Morgan fingerprint density at radius 2 is 2.00 bits per heavy atom. The van der Waals surface area contributed by atoms with Crippen molar-refractivity contribution < 1.29 is 14.7 Å². The van der Waals surface area contributed by atoms with Gasteiger partial charge in [-0.15, -0.1) is 11.3 Å². The predicted octanol–water partition coefficient (Wildman–Crippen LogP) is 1.12. The van der Waals surface area contributed by atoms with E-state index in [0.717, 1.165) is 10.4 Å². The van der Waals surface area contributed by atoms with Crippen LogP contribution in [-0.2, 0) is 9.59 Å². The first-order chi connectivity index (χ1) is 8.70. The summed E-state index contributed by atoms with van der Waals surface area (Å²) in [5.41, 5.74) is 0.517. The van der Waals surface area contributed by atoms with Gasteiger partial charge in [-0.25, -0.2) is 0 Å². The third-order valence-corrected chi connectivity index (χ3v) is 3.48. The van der Waals surface area contributed by atoms with Crippen molar-refractivity contribution in [2.24, 2.45) is 0 Å². The highest BCUT2D eigenvalue weighted by Crippen LogP contribution is 2.22. The Morgan fingerprint density at radius 3 is 2.47 bits per heavy atom. The van der Waals surface area contributed by atoms with Crippen LogP contribution in [0.25, 0.3) is 0 Å². The molecule has 5 nitrogen and oxygen atoms in total. The molecular formula is C13H20N2O3S. The van der Waals surface area contributed by atoms with Gasteiger partial charge in [0.15, 0.2) is 0 Å². The molecule has 0 spiro atoms. The van der Waals surface area contributed by atoms with Crippen LogP contribution >= 0.6 is 11.3 Å². The number of amides is 2. The van der Waals surface area contributed by atoms with Crippen LogP contribution in [0.4, 0.5) is 0 Å². The van der Waals surface area contributed by atoms with Crippen molar-refractivity contribution in [3.63, 3.8) is 0 Å². The van der Waals surface area contributed by atoms with Crippen LogP contribution < -0.4 is 10.6 Å². The van der Waals surface area contributed by atoms with Gasteiger partial charge >= 0.3 is 11.8 Å². The van der Waals surface area contributed by atoms with Crippen molar-refractivity contribution in [1.82, 2.24) is 10.6 Å². The summed E-state index contributed by atoms with van der Waals surface area (Å²) in [5.74, 6) is -1.43. The molecule has 0 radical (unpaired) electrons. The number of aliphatic hydroxyl groups is 1. The number of thiophene rings is 1. The smallest absolute Gasteiger partial charge is 0.309 e. The molecule has 1 atom stereocenters. The van der Waals surface area contributed by atoms with Crippen molar-refractivity contribution in [2.45, 2.75) is 39.3 Å². The van der Waals surface area contributed by atoms with Crippen molar-refractivity contribution >= 4 is 23.2 Å². The number of carbonyl (C=O) groups excluding carboxylic acids is 2. The summed E-state index contributed by atoms with van der Waals surface area (Å²) in [6, 6.07) is 1.90. The van der Waals surface area contributed by atoms with Gasteiger partial charge in [-0.2, -0.15) is 0 Å². The average Bonchev–Trinajstić information content (AvgIpc) is 2.69. The highest BCUT2D eigenvalue weighted by molar-refractivity contribution is 7.10. The normalized spacial score (nSPS) is 12.9. The van der Waals surface area contributed by atoms with Crippen LogP contribution in [0.5, 0.6) is 0 Å². The summed E-state index contributed by atoms with van der Waals surface area (Å²) in [6.07, 6.45) is -0.786. The molecule has 106 valence electrons. The largest absolute Gasteiger partial charge is 0.386 e. The van der Waals surface area contributed by atoms with E-state index in [1.165, 1.54) is 11.3 Å². The van der Waals surface area contributed by atoms with Crippen LogP contribution in [0.2, 0.25) is 0 Å². The molecule has 3 N–H and O–H groups in total. The number of aryl methyl sites for hydroxylation is 1. The Morgan fingerprint density at radius 1 is 1.37 bits per heavy atom. The zero-order valence-corrected chi connectivity index (χ0v) is 12.4. The molecule has 0 unspecified atom stereocenters. The van der Waals surface area contributed by atoms with E-state index in [4.69, 9.17) is 0 Å². The molecule has 2 amide bonds. The summed E-state index contributed by atoms with van der Waals surface area (Å²) in [4.78, 5) is 23.9. The van der Waals surface area contributed by atoms with Crippen molar-refractivity contribution in [2.75, 3.05) is 6.54 Å². The lowest BCUT2D eigenvalue weighted by molar-refractivity contribution is -0.140. The SMILES string of the molecule is Cc1ccsc1[C@@H](O)CNC(=O)C(=O)NC(C)(C)C. The summed E-state index contributed by atoms with van der Waals surface area (Å²) >= 11 is 1.43. The fourth-order valence-corrected chi connectivity index (χ4v) is 2.40. The molecule has 0 aliphatic rings. The van der Waals surface area contributed by atoms with Crippen molar-refractivity contribution in [3.8, 4) is 0 Å². The molecule has 0 saturated heterocycles. The quantitative estimate of drug-likeness (QED) is 0.728. The summed E-state index contributed by atoms with van der Waals surface area (Å²) in [7, 11) is 0. The molecule has 1 heterocycles. The maximum atomic E-state index is 11.5. The molecule has 6 heteroatoms. The molecule has 1 rings (SSSR count). The van der Waals surface area contributed by atoms with E-state index in [1.54, 1.807) is 20.8 Å². The molecule has 1 aromatic rings. The summed E-state index contributed by atoms with van der Waals surface area (Å²) in [5, 5.41) is 16.8. The standard InChI is InChI=1S/C13H20N2O3S/c1-8-5-6-19-10(8)9(16)7-14-11(17)12(18)15-13(2,3)4/h5-6,9,16H,7H2,1-4H3,(H,14,17)(H,15,18)/t9-/m0/s1. The Balaban J connectivity index is 2.47. The van der Waals surface area contributed by atoms with Crippen molar-refractivity contribution in [1.29, 1.82) is 0 Å². The van der Waals surface area contributed by atoms with Gasteiger partial charge in [-0.1, -0.05) is 0 Å². The zero-order valence-electron chi connectivity index (χ0n) is 11.6. The first-order valence-corrected chi connectivity index (χ1v) is 6.91. The zero-order chi connectivity index (χ0) is 14.6. The van der Waals surface area contributed by atoms with E-state index in [0.29, 0.717) is 0 Å². The molecule has 0 fully saturated rings. The van der Waals surface area contributed by atoms with Gasteiger partial charge in [0.1, 0.15) is 6.10 Å². The number of aliphatic hydroxyl groups excluding tert-OH is 1. The lowest BCUT2D eigenvalue weighted by Crippen LogP contribution is -2.48. The van der Waals surface area contributed by atoms with Gasteiger partial charge in [0, 0.05) is 17.0 Å². The maximum Gasteiger partial charge on any atom is 0.309 e. The van der Waals surface area contributed by atoms with Crippen LogP contribution in [-0.4, -0.2) is 29.0 Å². The molecule has 0 aromatic carbocycles. The van der Waals surface area contributed by atoms with E-state index in [2.05, 4.69) is 10.6 Å². The highest BCUT2D eigenvalue weighted by Gasteiger charge is 2.21. The average molecular weight is 284 g/mol. The number of hydrogen-bond acceptors (Lipinski definition) is 4. The predicted molar refractivity (Wildman–Crippen MR) is 74.9 cm³/mol. The third kappa shape index (κ3) is 5.00. The van der Waals surface area contributed by atoms with Gasteiger partial charge in [-0.05, 0) is 44.7 Å². The topological polar surface area (TPSA) is 78.4 Å². The van der Waals surface area contributed by atoms with Crippen LogP contribution in [0.15, 0.2) is 11.4 Å². The Labute approximate surface area is 117 Å². The minimum Gasteiger partial charge on any atom is -0.386 e. The van der Waals surface area contributed by atoms with Crippen LogP contribution in [0.1, 0.15) is 37.3 Å². The van der Waals surface area contributed by atoms with Crippen LogP contribution in [0.3, 0.4) is 0 Å². The van der Waals surface area contributed by atoms with Crippen LogP contribution in [0, 0.1) is 6.92 Å². The Kier molecular flexibility index (Phi) is 5.08. The Bertz CT molecular complexity index is 463. The molecule has 0 aliphatic carbocycles. The maximum absolute atomic E-state index is 11.5. The second kappa shape index (κ2) is 6.16. The summed E-state index contributed by atoms with van der Waals surface area (Å²) < 4.78 is 0. The second-order valence-electron chi connectivity index (χ2n) is 5.40. The lowest BCUT2D eigenvalue weighted by atomic mass is 10.1. The minimum atomic E-state index is -0.786. The molecule has 0 aliphatic heterocycles. The fraction of sp³-hybridized carbons (Fsp3) is 0.538. The van der Waals surface area contributed by atoms with Gasteiger partial charge in [0.2, 0.25) is 0 Å². The van der Waals surface area contributed by atoms with Gasteiger partial charge < -0.3 is 15.7 Å². The van der Waals surface area contributed by atoms with E-state index >= 15 is 0 Å². The second-order valence-corrected chi connectivity index (χ2v) is 6.35. The minimum absolute atomic E-state index is 0.0255. The lowest BCUT2D eigenvalue weighted by Gasteiger charge is -2.20.